The Morgan fingerprint density at radius 3 is 2.92 bits per heavy atom. The number of benzene rings is 1. The number of ether oxygens (including phenoxy) is 3. The van der Waals surface area contributed by atoms with Gasteiger partial charge in [-0.2, -0.15) is 10.4 Å². The standard InChI is InChI=1S/C17H18N4O4/c1-10-11(2)20-21-17(14(10)6-18)19-7-12(22)8-23-13-3-4-15-16(5-13)25-9-24-15/h3-5,12,22H,7-9H2,1-2H3,(H,19,21). The molecule has 130 valence electrons. The molecule has 1 aliphatic heterocycles. The molecule has 8 heteroatoms. The average molecular weight is 342 g/mol. The molecule has 8 nitrogen and oxygen atoms in total. The summed E-state index contributed by atoms with van der Waals surface area (Å²) in [6, 6.07) is 7.32. The summed E-state index contributed by atoms with van der Waals surface area (Å²) in [6.07, 6.45) is -0.791. The molecule has 1 unspecified atom stereocenters. The largest absolute Gasteiger partial charge is 0.491 e. The number of rotatable bonds is 6. The van der Waals surface area contributed by atoms with Crippen LogP contribution in [-0.4, -0.2) is 41.4 Å². The molecule has 0 spiro atoms. The fourth-order valence-corrected chi connectivity index (χ4v) is 2.30. The van der Waals surface area contributed by atoms with Crippen molar-refractivity contribution in [3.8, 4) is 23.3 Å². The SMILES string of the molecule is Cc1nnc(NCC(O)COc2ccc3c(c2)OCO3)c(C#N)c1C. The molecular formula is C17H18N4O4. The number of nitrogens with zero attached hydrogens (tertiary/aromatic N) is 3. The zero-order chi connectivity index (χ0) is 17.8. The zero-order valence-electron chi connectivity index (χ0n) is 13.9. The molecule has 0 radical (unpaired) electrons. The molecule has 0 fully saturated rings. The molecule has 1 atom stereocenters. The first-order valence-electron chi connectivity index (χ1n) is 7.77. The third kappa shape index (κ3) is 3.72. The normalized spacial score (nSPS) is 13.2. The first-order valence-corrected chi connectivity index (χ1v) is 7.77. The highest BCUT2D eigenvalue weighted by atomic mass is 16.7. The van der Waals surface area contributed by atoms with E-state index in [1.165, 1.54) is 0 Å². The van der Waals surface area contributed by atoms with E-state index in [9.17, 15) is 10.4 Å². The van der Waals surface area contributed by atoms with Crippen LogP contribution in [0.3, 0.4) is 0 Å². The quantitative estimate of drug-likeness (QED) is 0.814. The predicted molar refractivity (Wildman–Crippen MR) is 88.8 cm³/mol. The van der Waals surface area contributed by atoms with Crippen LogP contribution in [0.25, 0.3) is 0 Å². The van der Waals surface area contributed by atoms with Crippen LogP contribution < -0.4 is 19.5 Å². The van der Waals surface area contributed by atoms with Crippen molar-refractivity contribution in [3.05, 3.63) is 35.0 Å². The Kier molecular flexibility index (Phi) is 4.86. The lowest BCUT2D eigenvalue weighted by molar-refractivity contribution is 0.117. The summed E-state index contributed by atoms with van der Waals surface area (Å²) < 4.78 is 16.1. The molecule has 0 saturated heterocycles. The number of nitriles is 1. The van der Waals surface area contributed by atoms with Crippen molar-refractivity contribution in [2.75, 3.05) is 25.3 Å². The van der Waals surface area contributed by atoms with Gasteiger partial charge >= 0.3 is 0 Å². The summed E-state index contributed by atoms with van der Waals surface area (Å²) in [5.74, 6) is 2.22. The third-order valence-electron chi connectivity index (χ3n) is 3.86. The van der Waals surface area contributed by atoms with Crippen LogP contribution in [0.2, 0.25) is 0 Å². The molecule has 2 N–H and O–H groups in total. The van der Waals surface area contributed by atoms with Gasteiger partial charge in [-0.15, -0.1) is 5.10 Å². The molecule has 1 aromatic heterocycles. The number of anilines is 1. The minimum absolute atomic E-state index is 0.0762. The number of hydrogen-bond acceptors (Lipinski definition) is 8. The van der Waals surface area contributed by atoms with Gasteiger partial charge < -0.3 is 24.6 Å². The molecule has 1 aliphatic rings. The Morgan fingerprint density at radius 1 is 1.32 bits per heavy atom. The summed E-state index contributed by atoms with van der Waals surface area (Å²) in [5, 5.41) is 30.2. The van der Waals surface area contributed by atoms with Gasteiger partial charge in [-0.05, 0) is 31.5 Å². The van der Waals surface area contributed by atoms with Crippen LogP contribution >= 0.6 is 0 Å². The van der Waals surface area contributed by atoms with Crippen molar-refractivity contribution in [3.63, 3.8) is 0 Å². The van der Waals surface area contributed by atoms with E-state index in [0.717, 1.165) is 5.56 Å². The molecule has 2 heterocycles. The lowest BCUT2D eigenvalue weighted by atomic mass is 10.1. The molecule has 3 rings (SSSR count). The van der Waals surface area contributed by atoms with Crippen LogP contribution in [0, 0.1) is 25.2 Å². The van der Waals surface area contributed by atoms with Gasteiger partial charge in [-0.3, -0.25) is 0 Å². The second-order valence-corrected chi connectivity index (χ2v) is 5.61. The van der Waals surface area contributed by atoms with Crippen LogP contribution in [-0.2, 0) is 0 Å². The molecule has 0 bridgehead atoms. The lowest BCUT2D eigenvalue weighted by Crippen LogP contribution is -2.27. The number of hydrogen-bond donors (Lipinski definition) is 2. The number of aryl methyl sites for hydroxylation is 1. The van der Waals surface area contributed by atoms with Crippen LogP contribution in [0.5, 0.6) is 17.2 Å². The lowest BCUT2D eigenvalue weighted by Gasteiger charge is -2.15. The molecule has 2 aromatic rings. The van der Waals surface area contributed by atoms with E-state index in [1.807, 2.05) is 6.92 Å². The Hall–Kier alpha value is -3.05. The Morgan fingerprint density at radius 2 is 2.12 bits per heavy atom. The Labute approximate surface area is 145 Å². The van der Waals surface area contributed by atoms with Gasteiger partial charge in [-0.1, -0.05) is 0 Å². The minimum Gasteiger partial charge on any atom is -0.491 e. The van der Waals surface area contributed by atoms with Crippen molar-refractivity contribution in [2.45, 2.75) is 20.0 Å². The van der Waals surface area contributed by atoms with E-state index >= 15 is 0 Å². The van der Waals surface area contributed by atoms with Gasteiger partial charge in [0, 0.05) is 12.6 Å². The third-order valence-corrected chi connectivity index (χ3v) is 3.86. The summed E-state index contributed by atoms with van der Waals surface area (Å²) in [7, 11) is 0. The van der Waals surface area contributed by atoms with E-state index in [2.05, 4.69) is 21.6 Å². The maximum Gasteiger partial charge on any atom is 0.231 e. The minimum atomic E-state index is -0.791. The highest BCUT2D eigenvalue weighted by molar-refractivity contribution is 5.55. The second kappa shape index (κ2) is 7.23. The van der Waals surface area contributed by atoms with Crippen molar-refractivity contribution in [1.82, 2.24) is 10.2 Å². The highest BCUT2D eigenvalue weighted by Crippen LogP contribution is 2.35. The zero-order valence-corrected chi connectivity index (χ0v) is 13.9. The van der Waals surface area contributed by atoms with Gasteiger partial charge in [-0.25, -0.2) is 0 Å². The van der Waals surface area contributed by atoms with E-state index in [0.29, 0.717) is 34.3 Å². The number of nitrogens with one attached hydrogen (secondary N) is 1. The van der Waals surface area contributed by atoms with E-state index in [4.69, 9.17) is 14.2 Å². The number of aromatic nitrogens is 2. The van der Waals surface area contributed by atoms with E-state index < -0.39 is 6.10 Å². The monoisotopic (exact) mass is 342 g/mol. The topological polar surface area (TPSA) is 110 Å². The Bertz CT molecular complexity index is 819. The molecular weight excluding hydrogens is 324 g/mol. The first-order chi connectivity index (χ1) is 12.1. The molecule has 1 aromatic carbocycles. The van der Waals surface area contributed by atoms with Crippen LogP contribution in [0.1, 0.15) is 16.8 Å². The van der Waals surface area contributed by atoms with Crippen molar-refractivity contribution in [2.24, 2.45) is 0 Å². The van der Waals surface area contributed by atoms with Crippen molar-refractivity contribution in [1.29, 1.82) is 5.26 Å². The van der Waals surface area contributed by atoms with Crippen molar-refractivity contribution >= 4 is 5.82 Å². The van der Waals surface area contributed by atoms with E-state index in [1.54, 1.807) is 25.1 Å². The Balaban J connectivity index is 1.54. The first kappa shape index (κ1) is 16.8. The van der Waals surface area contributed by atoms with Crippen molar-refractivity contribution < 1.29 is 19.3 Å². The molecule has 25 heavy (non-hydrogen) atoms. The number of aliphatic hydroxyl groups is 1. The van der Waals surface area contributed by atoms with Gasteiger partial charge in [0.2, 0.25) is 6.79 Å². The number of fused-ring (bicyclic) bond motifs is 1. The summed E-state index contributed by atoms with van der Waals surface area (Å²) in [5.41, 5.74) is 1.90. The average Bonchev–Trinajstić information content (AvgIpc) is 3.08. The maximum atomic E-state index is 10.1. The summed E-state index contributed by atoms with van der Waals surface area (Å²) in [6.45, 7) is 4.06. The summed E-state index contributed by atoms with van der Waals surface area (Å²) in [4.78, 5) is 0. The van der Waals surface area contributed by atoms with Gasteiger partial charge in [0.1, 0.15) is 30.1 Å². The fourth-order valence-electron chi connectivity index (χ4n) is 2.30. The smallest absolute Gasteiger partial charge is 0.231 e. The predicted octanol–water partition coefficient (Wildman–Crippen LogP) is 1.55. The second-order valence-electron chi connectivity index (χ2n) is 5.61. The van der Waals surface area contributed by atoms with Crippen LogP contribution in [0.15, 0.2) is 18.2 Å². The molecule has 0 saturated carbocycles. The highest BCUT2D eigenvalue weighted by Gasteiger charge is 2.15. The number of aliphatic hydroxyl groups excluding tert-OH is 1. The fraction of sp³-hybridized carbons (Fsp3) is 0.353. The van der Waals surface area contributed by atoms with Gasteiger partial charge in [0.25, 0.3) is 0 Å². The summed E-state index contributed by atoms with van der Waals surface area (Å²) >= 11 is 0. The van der Waals surface area contributed by atoms with Gasteiger partial charge in [0.05, 0.1) is 5.69 Å². The molecule has 0 aliphatic carbocycles. The van der Waals surface area contributed by atoms with Gasteiger partial charge in [0.15, 0.2) is 17.3 Å². The van der Waals surface area contributed by atoms with E-state index in [-0.39, 0.29) is 19.9 Å². The van der Waals surface area contributed by atoms with Crippen LogP contribution in [0.4, 0.5) is 5.82 Å². The molecule has 0 amide bonds. The maximum absolute atomic E-state index is 10.1.